The van der Waals surface area contributed by atoms with Crippen molar-refractivity contribution in [1.82, 2.24) is 10.0 Å². The molecule has 0 radical (unpaired) electrons. The molecule has 1 aromatic heterocycles. The molecule has 0 aliphatic carbocycles. The van der Waals surface area contributed by atoms with Crippen LogP contribution in [0.15, 0.2) is 24.4 Å². The molecule has 0 aromatic carbocycles. The van der Waals surface area contributed by atoms with Gasteiger partial charge in [0.25, 0.3) is 5.91 Å². The quantitative estimate of drug-likeness (QED) is 0.729. The topological polar surface area (TPSA) is 89.0 Å². The molecule has 0 spiro atoms. The molecule has 0 saturated carbocycles. The van der Waals surface area contributed by atoms with E-state index in [9.17, 15) is 9.59 Å². The molecule has 1 atom stereocenters. The van der Waals surface area contributed by atoms with E-state index in [-0.39, 0.29) is 12.3 Å². The molecule has 0 aliphatic heterocycles. The second-order valence-electron chi connectivity index (χ2n) is 3.34. The summed E-state index contributed by atoms with van der Waals surface area (Å²) in [5.41, 5.74) is 0.0988. The average Bonchev–Trinajstić information content (AvgIpc) is 2.39. The van der Waals surface area contributed by atoms with E-state index >= 15 is 0 Å². The van der Waals surface area contributed by atoms with Crippen LogP contribution in [0.25, 0.3) is 0 Å². The number of carboxylic acid groups (broad SMARTS) is 1. The number of pyridine rings is 1. The van der Waals surface area contributed by atoms with Crippen LogP contribution in [0.4, 0.5) is 0 Å². The summed E-state index contributed by atoms with van der Waals surface area (Å²) in [6.45, 7) is -0.179. The van der Waals surface area contributed by atoms with E-state index in [1.54, 1.807) is 12.1 Å². The van der Waals surface area contributed by atoms with E-state index in [1.165, 1.54) is 26.5 Å². The fraction of sp³-hybridized carbons (Fsp3) is 0.364. The highest BCUT2D eigenvalue weighted by atomic mass is 16.7. The Labute approximate surface area is 104 Å². The summed E-state index contributed by atoms with van der Waals surface area (Å²) in [4.78, 5) is 31.7. The maximum atomic E-state index is 12.0. The lowest BCUT2D eigenvalue weighted by Gasteiger charge is -2.25. The van der Waals surface area contributed by atoms with E-state index in [2.05, 4.69) is 4.98 Å². The van der Waals surface area contributed by atoms with Crippen LogP contribution < -0.4 is 0 Å². The molecule has 1 rings (SSSR count). The minimum Gasteiger partial charge on any atom is -0.480 e. The lowest BCUT2D eigenvalue weighted by molar-refractivity contribution is -0.171. The zero-order valence-electron chi connectivity index (χ0n) is 10.1. The number of rotatable bonds is 6. The standard InChI is InChI=1S/C11H14N2O5/c1-17-7-9(11(15)16)13(18-2)10(14)8-5-3-4-6-12-8/h3-6,9H,7H2,1-2H3,(H,15,16). The lowest BCUT2D eigenvalue weighted by Crippen LogP contribution is -2.47. The van der Waals surface area contributed by atoms with Crippen LogP contribution in [0.5, 0.6) is 0 Å². The van der Waals surface area contributed by atoms with E-state index in [0.29, 0.717) is 0 Å². The van der Waals surface area contributed by atoms with Crippen LogP contribution >= 0.6 is 0 Å². The Morgan fingerprint density at radius 2 is 2.17 bits per heavy atom. The Bertz CT molecular complexity index is 409. The summed E-state index contributed by atoms with van der Waals surface area (Å²) >= 11 is 0. The van der Waals surface area contributed by atoms with Gasteiger partial charge in [0.1, 0.15) is 5.69 Å². The maximum Gasteiger partial charge on any atom is 0.331 e. The minimum atomic E-state index is -1.23. The maximum absolute atomic E-state index is 12.0. The van der Waals surface area contributed by atoms with Crippen molar-refractivity contribution >= 4 is 11.9 Å². The van der Waals surface area contributed by atoms with E-state index < -0.39 is 17.9 Å². The van der Waals surface area contributed by atoms with Crippen molar-refractivity contribution in [2.24, 2.45) is 0 Å². The van der Waals surface area contributed by atoms with Crippen LogP contribution in [-0.2, 0) is 14.4 Å². The van der Waals surface area contributed by atoms with Gasteiger partial charge >= 0.3 is 5.97 Å². The van der Waals surface area contributed by atoms with E-state index in [1.807, 2.05) is 0 Å². The highest BCUT2D eigenvalue weighted by Crippen LogP contribution is 2.07. The minimum absolute atomic E-state index is 0.0988. The van der Waals surface area contributed by atoms with Crippen LogP contribution in [0.1, 0.15) is 10.5 Å². The van der Waals surface area contributed by atoms with Gasteiger partial charge in [-0.05, 0) is 12.1 Å². The first-order valence-electron chi connectivity index (χ1n) is 5.12. The molecule has 7 nitrogen and oxygen atoms in total. The summed E-state index contributed by atoms with van der Waals surface area (Å²) < 4.78 is 4.76. The van der Waals surface area contributed by atoms with Gasteiger partial charge in [-0.25, -0.2) is 4.79 Å². The summed E-state index contributed by atoms with van der Waals surface area (Å²) in [5.74, 6) is -1.86. The number of hydroxylamine groups is 2. The van der Waals surface area contributed by atoms with Gasteiger partial charge in [0, 0.05) is 13.3 Å². The normalized spacial score (nSPS) is 11.9. The Hall–Kier alpha value is -1.99. The summed E-state index contributed by atoms with van der Waals surface area (Å²) in [7, 11) is 2.56. The van der Waals surface area contributed by atoms with Crippen molar-refractivity contribution in [3.8, 4) is 0 Å². The van der Waals surface area contributed by atoms with Crippen molar-refractivity contribution in [3.05, 3.63) is 30.1 Å². The van der Waals surface area contributed by atoms with Gasteiger partial charge in [-0.2, -0.15) is 5.06 Å². The second kappa shape index (κ2) is 6.67. The Morgan fingerprint density at radius 1 is 1.44 bits per heavy atom. The number of aromatic nitrogens is 1. The molecular weight excluding hydrogens is 240 g/mol. The Balaban J connectivity index is 2.94. The number of methoxy groups -OCH3 is 1. The molecule has 7 heteroatoms. The largest absolute Gasteiger partial charge is 0.480 e. The third-order valence-corrected chi connectivity index (χ3v) is 2.17. The van der Waals surface area contributed by atoms with Crippen molar-refractivity contribution in [3.63, 3.8) is 0 Å². The Kier molecular flexibility index (Phi) is 5.22. The second-order valence-corrected chi connectivity index (χ2v) is 3.34. The van der Waals surface area contributed by atoms with Crippen LogP contribution in [-0.4, -0.2) is 53.9 Å². The molecule has 0 fully saturated rings. The van der Waals surface area contributed by atoms with Crippen molar-refractivity contribution in [2.75, 3.05) is 20.8 Å². The summed E-state index contributed by atoms with van der Waals surface area (Å²) in [6.07, 6.45) is 1.44. The molecular formula is C11H14N2O5. The number of amides is 1. The van der Waals surface area contributed by atoms with Gasteiger partial charge < -0.3 is 9.84 Å². The Morgan fingerprint density at radius 3 is 2.61 bits per heavy atom. The third kappa shape index (κ3) is 3.25. The molecule has 1 aromatic rings. The molecule has 0 aliphatic rings. The molecule has 18 heavy (non-hydrogen) atoms. The molecule has 0 saturated heterocycles. The number of carbonyl (C=O) groups excluding carboxylic acids is 1. The summed E-state index contributed by atoms with van der Waals surface area (Å²) in [5, 5.41) is 9.76. The van der Waals surface area contributed by atoms with E-state index in [0.717, 1.165) is 5.06 Å². The summed E-state index contributed by atoms with van der Waals surface area (Å²) in [6, 6.07) is 3.52. The number of aliphatic carboxylic acids is 1. The molecule has 1 N–H and O–H groups in total. The van der Waals surface area contributed by atoms with Crippen molar-refractivity contribution in [1.29, 1.82) is 0 Å². The van der Waals surface area contributed by atoms with Gasteiger partial charge in [-0.15, -0.1) is 0 Å². The first-order valence-corrected chi connectivity index (χ1v) is 5.12. The first kappa shape index (κ1) is 14.1. The average molecular weight is 254 g/mol. The highest BCUT2D eigenvalue weighted by Gasteiger charge is 2.31. The number of ether oxygens (including phenoxy) is 1. The molecule has 1 amide bonds. The number of nitrogens with zero attached hydrogens (tertiary/aromatic N) is 2. The highest BCUT2D eigenvalue weighted by molar-refractivity contribution is 5.94. The van der Waals surface area contributed by atoms with Crippen LogP contribution in [0.2, 0.25) is 0 Å². The number of carbonyl (C=O) groups is 2. The number of hydrogen-bond acceptors (Lipinski definition) is 5. The fourth-order valence-corrected chi connectivity index (χ4v) is 1.35. The van der Waals surface area contributed by atoms with Gasteiger partial charge in [-0.3, -0.25) is 14.6 Å². The zero-order chi connectivity index (χ0) is 13.5. The predicted octanol–water partition coefficient (Wildman–Crippen LogP) is 0.185. The van der Waals surface area contributed by atoms with Gasteiger partial charge in [0.15, 0.2) is 6.04 Å². The zero-order valence-corrected chi connectivity index (χ0v) is 10.1. The van der Waals surface area contributed by atoms with Crippen LogP contribution in [0.3, 0.4) is 0 Å². The first-order chi connectivity index (χ1) is 8.61. The van der Waals surface area contributed by atoms with Crippen molar-refractivity contribution in [2.45, 2.75) is 6.04 Å². The van der Waals surface area contributed by atoms with Crippen molar-refractivity contribution < 1.29 is 24.3 Å². The van der Waals surface area contributed by atoms with Gasteiger partial charge in [0.2, 0.25) is 0 Å². The third-order valence-electron chi connectivity index (χ3n) is 2.17. The lowest BCUT2D eigenvalue weighted by atomic mass is 10.2. The monoisotopic (exact) mass is 254 g/mol. The smallest absolute Gasteiger partial charge is 0.331 e. The molecule has 0 bridgehead atoms. The molecule has 1 unspecified atom stereocenters. The number of hydrogen-bond donors (Lipinski definition) is 1. The SMILES string of the molecule is COCC(C(=O)O)N(OC)C(=O)c1ccccn1. The van der Waals surface area contributed by atoms with Gasteiger partial charge in [0.05, 0.1) is 13.7 Å². The predicted molar refractivity (Wildman–Crippen MR) is 60.7 cm³/mol. The van der Waals surface area contributed by atoms with E-state index in [4.69, 9.17) is 14.7 Å². The fourth-order valence-electron chi connectivity index (χ4n) is 1.35. The van der Waals surface area contributed by atoms with Gasteiger partial charge in [-0.1, -0.05) is 6.07 Å². The molecule has 98 valence electrons. The van der Waals surface area contributed by atoms with Crippen LogP contribution in [0, 0.1) is 0 Å². The molecule has 1 heterocycles. The number of carboxylic acids is 1.